The van der Waals surface area contributed by atoms with Gasteiger partial charge in [-0.05, 0) is 30.0 Å². The number of alkyl carbamates (subject to hydrolysis) is 1. The van der Waals surface area contributed by atoms with Gasteiger partial charge in [-0.25, -0.2) is 9.59 Å². The number of benzene rings is 1. The molecule has 1 unspecified atom stereocenters. The fourth-order valence-corrected chi connectivity index (χ4v) is 3.37. The molecule has 25 heavy (non-hydrogen) atoms. The van der Waals surface area contributed by atoms with E-state index in [2.05, 4.69) is 19.2 Å². The average molecular weight is 361 g/mol. The summed E-state index contributed by atoms with van der Waals surface area (Å²) in [4.78, 5) is 25.2. The van der Waals surface area contributed by atoms with Crippen LogP contribution >= 0.6 is 11.3 Å². The fourth-order valence-electron chi connectivity index (χ4n) is 2.38. The van der Waals surface area contributed by atoms with Crippen LogP contribution in [-0.2, 0) is 16.1 Å². The lowest BCUT2D eigenvalue weighted by molar-refractivity contribution is 0.0606. The maximum absolute atomic E-state index is 12.2. The van der Waals surface area contributed by atoms with E-state index in [0.29, 0.717) is 10.8 Å². The van der Waals surface area contributed by atoms with Crippen molar-refractivity contribution in [2.75, 3.05) is 7.11 Å². The van der Waals surface area contributed by atoms with Gasteiger partial charge in [-0.3, -0.25) is 0 Å². The Balaban J connectivity index is 2.00. The molecule has 1 aromatic heterocycles. The summed E-state index contributed by atoms with van der Waals surface area (Å²) >= 11 is 1.33. The summed E-state index contributed by atoms with van der Waals surface area (Å²) in [5.74, 6) is 0.00861. The molecule has 1 N–H and O–H groups in total. The van der Waals surface area contributed by atoms with Crippen molar-refractivity contribution in [3.8, 4) is 0 Å². The molecule has 2 aromatic rings. The van der Waals surface area contributed by atoms with E-state index in [1.807, 2.05) is 36.4 Å². The van der Waals surface area contributed by atoms with Gasteiger partial charge >= 0.3 is 12.1 Å². The first-order chi connectivity index (χ1) is 12.0. The second-order valence-corrected chi connectivity index (χ2v) is 7.20. The van der Waals surface area contributed by atoms with E-state index in [0.717, 1.165) is 16.9 Å². The van der Waals surface area contributed by atoms with Crippen molar-refractivity contribution in [3.05, 3.63) is 57.8 Å². The molecular weight excluding hydrogens is 338 g/mol. The summed E-state index contributed by atoms with van der Waals surface area (Å²) in [6, 6.07) is 12.9. The first kappa shape index (κ1) is 19.0. The molecule has 1 heterocycles. The third kappa shape index (κ3) is 5.90. The molecule has 0 fully saturated rings. The van der Waals surface area contributed by atoms with Crippen molar-refractivity contribution >= 4 is 23.4 Å². The number of carbonyl (C=O) groups excluding carboxylic acids is 2. The number of carbonyl (C=O) groups is 2. The van der Waals surface area contributed by atoms with E-state index in [1.54, 1.807) is 6.07 Å². The van der Waals surface area contributed by atoms with Crippen LogP contribution in [-0.4, -0.2) is 19.2 Å². The van der Waals surface area contributed by atoms with Gasteiger partial charge in [0.2, 0.25) is 0 Å². The molecule has 0 aliphatic heterocycles. The first-order valence-corrected chi connectivity index (χ1v) is 8.96. The van der Waals surface area contributed by atoms with Gasteiger partial charge in [0.25, 0.3) is 0 Å². The van der Waals surface area contributed by atoms with E-state index >= 15 is 0 Å². The van der Waals surface area contributed by atoms with Crippen molar-refractivity contribution in [2.45, 2.75) is 32.9 Å². The molecule has 1 aromatic carbocycles. The average Bonchev–Trinajstić information content (AvgIpc) is 3.09. The van der Waals surface area contributed by atoms with Gasteiger partial charge in [0, 0.05) is 4.88 Å². The number of hydrogen-bond acceptors (Lipinski definition) is 5. The van der Waals surface area contributed by atoms with Crippen LogP contribution in [0.3, 0.4) is 0 Å². The molecule has 134 valence electrons. The van der Waals surface area contributed by atoms with Crippen LogP contribution in [0.2, 0.25) is 0 Å². The summed E-state index contributed by atoms with van der Waals surface area (Å²) < 4.78 is 10.0. The molecule has 1 amide bonds. The van der Waals surface area contributed by atoms with E-state index in [4.69, 9.17) is 9.47 Å². The van der Waals surface area contributed by atoms with Gasteiger partial charge in [-0.2, -0.15) is 0 Å². The Bertz CT molecular complexity index is 696. The first-order valence-electron chi connectivity index (χ1n) is 8.15. The minimum atomic E-state index is -0.470. The maximum Gasteiger partial charge on any atom is 0.407 e. The standard InChI is InChI=1S/C19H23NO4S/c1-13(2)11-15(16-9-10-17(25-16)18(21)23-3)20-19(22)24-12-14-7-5-4-6-8-14/h4-10,13,15H,11-12H2,1-3H3,(H,20,22). The maximum atomic E-state index is 12.2. The molecule has 2 rings (SSSR count). The molecular formula is C19H23NO4S. The Morgan fingerprint density at radius 3 is 2.48 bits per heavy atom. The predicted octanol–water partition coefficient (Wildman–Crippen LogP) is 4.55. The molecule has 0 spiro atoms. The molecule has 1 atom stereocenters. The molecule has 6 heteroatoms. The Morgan fingerprint density at radius 1 is 1.12 bits per heavy atom. The number of nitrogens with one attached hydrogen (secondary N) is 1. The van der Waals surface area contributed by atoms with Crippen LogP contribution in [0.25, 0.3) is 0 Å². The second kappa shape index (κ2) is 9.22. The topological polar surface area (TPSA) is 64.6 Å². The lowest BCUT2D eigenvalue weighted by atomic mass is 10.0. The Labute approximate surface area is 152 Å². The van der Waals surface area contributed by atoms with Crippen LogP contribution < -0.4 is 5.32 Å². The normalized spacial score (nSPS) is 11.8. The van der Waals surface area contributed by atoms with Crippen molar-refractivity contribution in [3.63, 3.8) is 0 Å². The molecule has 0 bridgehead atoms. The third-order valence-corrected chi connectivity index (χ3v) is 4.75. The van der Waals surface area contributed by atoms with E-state index in [-0.39, 0.29) is 18.6 Å². The number of hydrogen-bond donors (Lipinski definition) is 1. The number of rotatable bonds is 7. The van der Waals surface area contributed by atoms with E-state index in [9.17, 15) is 9.59 Å². The molecule has 5 nitrogen and oxygen atoms in total. The zero-order valence-electron chi connectivity index (χ0n) is 14.7. The molecule has 0 aliphatic carbocycles. The lowest BCUT2D eigenvalue weighted by Gasteiger charge is -2.19. The van der Waals surface area contributed by atoms with Gasteiger partial charge < -0.3 is 14.8 Å². The summed E-state index contributed by atoms with van der Waals surface area (Å²) in [6.45, 7) is 4.39. The van der Waals surface area contributed by atoms with Crippen LogP contribution in [0.5, 0.6) is 0 Å². The number of esters is 1. The smallest absolute Gasteiger partial charge is 0.407 e. The van der Waals surface area contributed by atoms with Crippen molar-refractivity contribution in [1.29, 1.82) is 0 Å². The van der Waals surface area contributed by atoms with Crippen LogP contribution in [0.4, 0.5) is 4.79 Å². The van der Waals surface area contributed by atoms with Crippen LogP contribution in [0.1, 0.15) is 46.4 Å². The summed E-state index contributed by atoms with van der Waals surface area (Å²) in [7, 11) is 1.35. The Hall–Kier alpha value is -2.34. The van der Waals surface area contributed by atoms with Gasteiger partial charge in [-0.15, -0.1) is 11.3 Å². The SMILES string of the molecule is COC(=O)c1ccc(C(CC(C)C)NC(=O)OCc2ccccc2)s1. The molecule has 0 radical (unpaired) electrons. The van der Waals surface area contributed by atoms with Gasteiger partial charge in [-0.1, -0.05) is 44.2 Å². The van der Waals surface area contributed by atoms with Gasteiger partial charge in [0.05, 0.1) is 13.2 Å². The predicted molar refractivity (Wildman–Crippen MR) is 97.6 cm³/mol. The highest BCUT2D eigenvalue weighted by atomic mass is 32.1. The van der Waals surface area contributed by atoms with Crippen LogP contribution in [0, 0.1) is 5.92 Å². The van der Waals surface area contributed by atoms with E-state index in [1.165, 1.54) is 18.4 Å². The highest BCUT2D eigenvalue weighted by Crippen LogP contribution is 2.28. The molecule has 0 aliphatic rings. The Morgan fingerprint density at radius 2 is 1.84 bits per heavy atom. The van der Waals surface area contributed by atoms with Crippen molar-refractivity contribution in [2.24, 2.45) is 5.92 Å². The van der Waals surface area contributed by atoms with Crippen molar-refractivity contribution < 1.29 is 19.1 Å². The monoisotopic (exact) mass is 361 g/mol. The summed E-state index contributed by atoms with van der Waals surface area (Å²) in [6.07, 6.45) is 0.282. The minimum absolute atomic E-state index is 0.202. The minimum Gasteiger partial charge on any atom is -0.465 e. The lowest BCUT2D eigenvalue weighted by Crippen LogP contribution is -2.29. The quantitative estimate of drug-likeness (QED) is 0.735. The Kier molecular flexibility index (Phi) is 7.01. The second-order valence-electron chi connectivity index (χ2n) is 6.08. The highest BCUT2D eigenvalue weighted by Gasteiger charge is 2.20. The largest absolute Gasteiger partial charge is 0.465 e. The molecule has 0 saturated carbocycles. The number of ether oxygens (including phenoxy) is 2. The van der Waals surface area contributed by atoms with Crippen LogP contribution in [0.15, 0.2) is 42.5 Å². The van der Waals surface area contributed by atoms with Gasteiger partial charge in [0.15, 0.2) is 0 Å². The number of thiophene rings is 1. The van der Waals surface area contributed by atoms with E-state index < -0.39 is 6.09 Å². The van der Waals surface area contributed by atoms with Crippen molar-refractivity contribution in [1.82, 2.24) is 5.32 Å². The summed E-state index contributed by atoms with van der Waals surface area (Å²) in [5, 5.41) is 2.90. The number of amides is 1. The molecule has 0 saturated heterocycles. The number of methoxy groups -OCH3 is 1. The zero-order chi connectivity index (χ0) is 18.2. The van der Waals surface area contributed by atoms with Gasteiger partial charge in [0.1, 0.15) is 11.5 Å². The highest BCUT2D eigenvalue weighted by molar-refractivity contribution is 7.14. The fraction of sp³-hybridized carbons (Fsp3) is 0.368. The zero-order valence-corrected chi connectivity index (χ0v) is 15.5. The third-order valence-electron chi connectivity index (χ3n) is 3.57. The summed E-state index contributed by atoms with van der Waals surface area (Å²) in [5.41, 5.74) is 0.933.